The van der Waals surface area contributed by atoms with E-state index in [4.69, 9.17) is 54.2 Å². The van der Waals surface area contributed by atoms with Crippen molar-refractivity contribution >= 4 is 40.8 Å². The van der Waals surface area contributed by atoms with E-state index in [0.717, 1.165) is 18.7 Å². The zero-order valence-electron chi connectivity index (χ0n) is 15.5. The lowest BCUT2D eigenvalue weighted by atomic mass is 10.1. The van der Waals surface area contributed by atoms with E-state index < -0.39 is 12.1 Å². The van der Waals surface area contributed by atoms with Crippen molar-refractivity contribution in [3.05, 3.63) is 57.0 Å². The summed E-state index contributed by atoms with van der Waals surface area (Å²) in [5.74, 6) is -1.49. The third-order valence-corrected chi connectivity index (χ3v) is 4.70. The average molecular weight is 487 g/mol. The highest BCUT2D eigenvalue weighted by atomic mass is 35.5. The van der Waals surface area contributed by atoms with Gasteiger partial charge in [0.15, 0.2) is 11.5 Å². The molecule has 5 nitrogen and oxygen atoms in total. The maximum absolute atomic E-state index is 10.6. The van der Waals surface area contributed by atoms with Gasteiger partial charge >= 0.3 is 12.1 Å². The van der Waals surface area contributed by atoms with Crippen molar-refractivity contribution in [3.8, 4) is 11.5 Å². The number of carbonyl (C=O) groups is 1. The van der Waals surface area contributed by atoms with Gasteiger partial charge in [-0.3, -0.25) is 0 Å². The van der Waals surface area contributed by atoms with Crippen LogP contribution in [0.2, 0.25) is 15.1 Å². The van der Waals surface area contributed by atoms with Crippen molar-refractivity contribution in [1.29, 1.82) is 0 Å². The number of alkyl halides is 3. The minimum absolute atomic E-state index is 0.140. The summed E-state index contributed by atoms with van der Waals surface area (Å²) in [4.78, 5) is 8.90. The van der Waals surface area contributed by atoms with Crippen LogP contribution in [0.1, 0.15) is 18.6 Å². The van der Waals surface area contributed by atoms with Gasteiger partial charge in [0.05, 0.1) is 0 Å². The quantitative estimate of drug-likeness (QED) is 0.561. The van der Waals surface area contributed by atoms with Gasteiger partial charge in [0.1, 0.15) is 12.2 Å². The lowest BCUT2D eigenvalue weighted by molar-refractivity contribution is -0.192. The zero-order valence-corrected chi connectivity index (χ0v) is 17.7. The van der Waals surface area contributed by atoms with Crippen LogP contribution < -0.4 is 14.8 Å². The fourth-order valence-corrected chi connectivity index (χ4v) is 2.89. The standard InChI is InChI=1S/C17H16Cl3NO2.C2HF3O2/c1-10(14-6-11(18)2-4-15(14)20)22-16-5-3-12(19)7-17(16)23-13-8-21-9-13;3-2(4,5)1(6)7/h2-7,10,13,21H,8-9H2,1H3;(H,6,7). The number of nitrogens with one attached hydrogen (secondary N) is 1. The van der Waals surface area contributed by atoms with Crippen molar-refractivity contribution in [2.75, 3.05) is 13.1 Å². The molecular formula is C19H17Cl3F3NO4. The molecule has 164 valence electrons. The number of hydrogen-bond donors (Lipinski definition) is 2. The molecule has 0 amide bonds. The van der Waals surface area contributed by atoms with Gasteiger partial charge < -0.3 is 19.9 Å². The fraction of sp³-hybridized carbons (Fsp3) is 0.316. The first kappa shape index (κ1) is 24.4. The lowest BCUT2D eigenvalue weighted by Crippen LogP contribution is -2.50. The Kier molecular flexibility index (Phi) is 8.49. The number of hydrogen-bond acceptors (Lipinski definition) is 4. The van der Waals surface area contributed by atoms with E-state index in [2.05, 4.69) is 5.32 Å². The summed E-state index contributed by atoms with van der Waals surface area (Å²) < 4.78 is 43.7. The molecule has 30 heavy (non-hydrogen) atoms. The topological polar surface area (TPSA) is 67.8 Å². The maximum Gasteiger partial charge on any atom is 0.490 e. The van der Waals surface area contributed by atoms with Gasteiger partial charge in [-0.1, -0.05) is 34.8 Å². The van der Waals surface area contributed by atoms with Gasteiger partial charge in [-0.05, 0) is 37.3 Å². The Morgan fingerprint density at radius 3 is 2.20 bits per heavy atom. The lowest BCUT2D eigenvalue weighted by Gasteiger charge is -2.29. The van der Waals surface area contributed by atoms with E-state index >= 15 is 0 Å². The monoisotopic (exact) mass is 485 g/mol. The van der Waals surface area contributed by atoms with Gasteiger partial charge in [-0.25, -0.2) is 4.79 Å². The van der Waals surface area contributed by atoms with Gasteiger partial charge in [-0.2, -0.15) is 13.2 Å². The summed E-state index contributed by atoms with van der Waals surface area (Å²) in [5, 5.41) is 12.1. The molecule has 11 heteroatoms. The highest BCUT2D eigenvalue weighted by Crippen LogP contribution is 2.36. The van der Waals surface area contributed by atoms with Crippen LogP contribution >= 0.6 is 34.8 Å². The number of benzene rings is 2. The SMILES string of the molecule is CC(Oc1ccc(Cl)cc1OC1CNC1)c1cc(Cl)ccc1Cl.O=C(O)C(F)(F)F. The largest absolute Gasteiger partial charge is 0.490 e. The summed E-state index contributed by atoms with van der Waals surface area (Å²) in [5.41, 5.74) is 0.824. The smallest absolute Gasteiger partial charge is 0.484 e. The van der Waals surface area contributed by atoms with Crippen molar-refractivity contribution in [3.63, 3.8) is 0 Å². The summed E-state index contributed by atoms with van der Waals surface area (Å²) in [6.07, 6.45) is -5.22. The summed E-state index contributed by atoms with van der Waals surface area (Å²) in [6.45, 7) is 3.56. The second-order valence-corrected chi connectivity index (χ2v) is 7.50. The Balaban J connectivity index is 0.000000396. The van der Waals surface area contributed by atoms with Crippen molar-refractivity contribution in [2.45, 2.75) is 25.3 Å². The molecule has 1 unspecified atom stereocenters. The Hall–Kier alpha value is -1.87. The second-order valence-electron chi connectivity index (χ2n) is 6.22. The first-order valence-corrected chi connectivity index (χ1v) is 9.69. The molecule has 0 aromatic heterocycles. The van der Waals surface area contributed by atoms with Crippen molar-refractivity contribution in [1.82, 2.24) is 5.32 Å². The molecule has 1 aliphatic rings. The molecular weight excluding hydrogens is 470 g/mol. The van der Waals surface area contributed by atoms with E-state index in [-0.39, 0.29) is 12.2 Å². The first-order chi connectivity index (χ1) is 14.0. The Morgan fingerprint density at radius 2 is 1.67 bits per heavy atom. The highest BCUT2D eigenvalue weighted by molar-refractivity contribution is 6.33. The van der Waals surface area contributed by atoms with Crippen LogP contribution in [0.4, 0.5) is 13.2 Å². The number of rotatable bonds is 5. The molecule has 2 N–H and O–H groups in total. The molecule has 1 heterocycles. The molecule has 0 saturated carbocycles. The number of aliphatic carboxylic acids is 1. The second kappa shape index (κ2) is 10.4. The van der Waals surface area contributed by atoms with Crippen molar-refractivity contribution in [2.24, 2.45) is 0 Å². The number of carboxylic acids is 1. The fourth-order valence-electron chi connectivity index (χ4n) is 2.28. The van der Waals surface area contributed by atoms with E-state index in [9.17, 15) is 13.2 Å². The molecule has 0 bridgehead atoms. The van der Waals surface area contributed by atoms with E-state index in [1.165, 1.54) is 0 Å². The molecule has 0 spiro atoms. The molecule has 0 aliphatic carbocycles. The van der Waals surface area contributed by atoms with Crippen LogP contribution in [-0.4, -0.2) is 36.4 Å². The number of ether oxygens (including phenoxy) is 2. The predicted octanol–water partition coefficient (Wildman–Crippen LogP) is 5.77. The van der Waals surface area contributed by atoms with Crippen molar-refractivity contribution < 1.29 is 32.5 Å². The van der Waals surface area contributed by atoms with E-state index in [1.54, 1.807) is 36.4 Å². The van der Waals surface area contributed by atoms with Gasteiger partial charge in [0.2, 0.25) is 0 Å². The van der Waals surface area contributed by atoms with Crippen LogP contribution in [0, 0.1) is 0 Å². The van der Waals surface area contributed by atoms with Crippen LogP contribution in [-0.2, 0) is 4.79 Å². The van der Waals surface area contributed by atoms with E-state index in [0.29, 0.717) is 26.6 Å². The third kappa shape index (κ3) is 7.12. The summed E-state index contributed by atoms with van der Waals surface area (Å²) in [6, 6.07) is 10.7. The average Bonchev–Trinajstić information content (AvgIpc) is 2.62. The maximum atomic E-state index is 10.6. The zero-order chi connectivity index (χ0) is 22.5. The number of carboxylic acid groups (broad SMARTS) is 1. The van der Waals surface area contributed by atoms with Gasteiger partial charge in [0, 0.05) is 39.8 Å². The van der Waals surface area contributed by atoms with Crippen LogP contribution in [0.5, 0.6) is 11.5 Å². The molecule has 0 radical (unpaired) electrons. The molecule has 1 saturated heterocycles. The summed E-state index contributed by atoms with van der Waals surface area (Å²) in [7, 11) is 0. The van der Waals surface area contributed by atoms with Gasteiger partial charge in [-0.15, -0.1) is 0 Å². The van der Waals surface area contributed by atoms with Crippen LogP contribution in [0.15, 0.2) is 36.4 Å². The van der Waals surface area contributed by atoms with E-state index in [1.807, 2.05) is 6.92 Å². The number of halogens is 6. The molecule has 3 rings (SSSR count). The molecule has 1 aliphatic heterocycles. The summed E-state index contributed by atoms with van der Waals surface area (Å²) >= 11 is 18.4. The Bertz CT molecular complexity index is 892. The first-order valence-electron chi connectivity index (χ1n) is 8.56. The Labute approximate surface area is 185 Å². The molecule has 1 atom stereocenters. The van der Waals surface area contributed by atoms with Crippen LogP contribution in [0.25, 0.3) is 0 Å². The van der Waals surface area contributed by atoms with Gasteiger partial charge in [0.25, 0.3) is 0 Å². The van der Waals surface area contributed by atoms with Crippen LogP contribution in [0.3, 0.4) is 0 Å². The molecule has 1 fully saturated rings. The minimum atomic E-state index is -5.08. The molecule has 2 aromatic carbocycles. The third-order valence-electron chi connectivity index (χ3n) is 3.89. The molecule has 2 aromatic rings. The predicted molar refractivity (Wildman–Crippen MR) is 108 cm³/mol. The Morgan fingerprint density at radius 1 is 1.10 bits per heavy atom. The normalized spacial score (nSPS) is 14.8. The highest BCUT2D eigenvalue weighted by Gasteiger charge is 2.38. The minimum Gasteiger partial charge on any atom is -0.484 e.